The molecule has 0 fully saturated rings. The van der Waals surface area contributed by atoms with E-state index in [0.717, 1.165) is 0 Å². The summed E-state index contributed by atoms with van der Waals surface area (Å²) in [5, 5.41) is 0. The van der Waals surface area contributed by atoms with Crippen molar-refractivity contribution in [3.05, 3.63) is 72.4 Å². The lowest BCUT2D eigenvalue weighted by Gasteiger charge is -2.05. The average molecular weight is 168 g/mol. The largest absolute Gasteiger partial charge is 0.0732 e. The van der Waals surface area contributed by atoms with Gasteiger partial charge in [-0.05, 0) is 5.57 Å². The molecule has 0 spiro atoms. The van der Waals surface area contributed by atoms with Gasteiger partial charge >= 0.3 is 0 Å². The van der Waals surface area contributed by atoms with Gasteiger partial charge in [0.05, 0.1) is 0 Å². The summed E-state index contributed by atoms with van der Waals surface area (Å²) in [4.78, 5) is 0. The van der Waals surface area contributed by atoms with E-state index in [9.17, 15) is 0 Å². The topological polar surface area (TPSA) is 0 Å². The van der Waals surface area contributed by atoms with Gasteiger partial charge < -0.3 is 0 Å². The molecule has 0 saturated heterocycles. The lowest BCUT2D eigenvalue weighted by atomic mass is 9.99. The molecule has 0 saturated carbocycles. The lowest BCUT2D eigenvalue weighted by Crippen LogP contribution is -1.92. The highest BCUT2D eigenvalue weighted by atomic mass is 14.1. The fraction of sp³-hybridized carbons (Fsp3) is 0.0769. The summed E-state index contributed by atoms with van der Waals surface area (Å²) in [6.07, 6.45) is 23.2. The normalized spacial score (nSPS) is 31.8. The Morgan fingerprint density at radius 3 is 2.23 bits per heavy atom. The first-order chi connectivity index (χ1) is 6.47. The molecule has 0 radical (unpaired) electrons. The Balaban J connectivity index is 2.22. The average Bonchev–Trinajstić information content (AvgIpc) is 2.55. The van der Waals surface area contributed by atoms with E-state index < -0.39 is 0 Å². The Bertz CT molecular complexity index is 334. The van der Waals surface area contributed by atoms with Crippen LogP contribution in [0.4, 0.5) is 0 Å². The Hall–Kier alpha value is -1.56. The summed E-state index contributed by atoms with van der Waals surface area (Å²) in [7, 11) is 0. The van der Waals surface area contributed by atoms with Crippen molar-refractivity contribution in [3.8, 4) is 0 Å². The molecule has 2 aliphatic carbocycles. The van der Waals surface area contributed by atoms with Crippen molar-refractivity contribution < 1.29 is 0 Å². The summed E-state index contributed by atoms with van der Waals surface area (Å²) in [6, 6.07) is 0. The third-order valence-electron chi connectivity index (χ3n) is 2.15. The van der Waals surface area contributed by atoms with Crippen LogP contribution in [0.25, 0.3) is 0 Å². The standard InChI is InChI=1S/C13H12/c1-2-4-8-12(9-5-3-1)13-10-6-7-11-13/h1-11,13H/b2-1-,3-1?,4-2?,5-3-,8-4-,9-5?,12-8?,12-9+. The molecule has 64 valence electrons. The summed E-state index contributed by atoms with van der Waals surface area (Å²) in [6.45, 7) is 0. The highest BCUT2D eigenvalue weighted by Crippen LogP contribution is 2.20. The molecule has 0 N–H and O–H groups in total. The second-order valence-corrected chi connectivity index (χ2v) is 3.09. The first kappa shape index (κ1) is 8.06. The third kappa shape index (κ3) is 1.97. The van der Waals surface area contributed by atoms with E-state index in [1.165, 1.54) is 5.57 Å². The van der Waals surface area contributed by atoms with Gasteiger partial charge in [0.25, 0.3) is 0 Å². The number of rotatable bonds is 1. The zero-order chi connectivity index (χ0) is 8.93. The highest BCUT2D eigenvalue weighted by Gasteiger charge is 2.06. The number of hydrogen-bond donors (Lipinski definition) is 0. The molecule has 2 aliphatic rings. The lowest BCUT2D eigenvalue weighted by molar-refractivity contribution is 1.02. The molecule has 0 atom stereocenters. The molecule has 0 aliphatic heterocycles. The molecule has 0 heteroatoms. The Morgan fingerprint density at radius 2 is 1.38 bits per heavy atom. The van der Waals surface area contributed by atoms with Gasteiger partial charge in [-0.3, -0.25) is 0 Å². The zero-order valence-corrected chi connectivity index (χ0v) is 7.43. The predicted molar refractivity (Wildman–Crippen MR) is 57.3 cm³/mol. The van der Waals surface area contributed by atoms with Crippen LogP contribution < -0.4 is 0 Å². The van der Waals surface area contributed by atoms with Gasteiger partial charge in [0.2, 0.25) is 0 Å². The minimum absolute atomic E-state index is 0.465. The molecule has 0 aromatic heterocycles. The SMILES string of the molecule is C1=CC(C2=C/C=C\C=C/C=C\2)C=C1. The van der Waals surface area contributed by atoms with Crippen LogP contribution in [0, 0.1) is 5.92 Å². The first-order valence-electron chi connectivity index (χ1n) is 4.53. The predicted octanol–water partition coefficient (Wildman–Crippen LogP) is 3.34. The molecule has 2 rings (SSSR count). The zero-order valence-electron chi connectivity index (χ0n) is 7.43. The van der Waals surface area contributed by atoms with Gasteiger partial charge in [0.15, 0.2) is 0 Å². The van der Waals surface area contributed by atoms with Crippen LogP contribution in [-0.4, -0.2) is 0 Å². The monoisotopic (exact) mass is 168 g/mol. The molecular weight excluding hydrogens is 156 g/mol. The van der Waals surface area contributed by atoms with Gasteiger partial charge in [-0.1, -0.05) is 66.8 Å². The van der Waals surface area contributed by atoms with Gasteiger partial charge in [-0.25, -0.2) is 0 Å². The first-order valence-corrected chi connectivity index (χ1v) is 4.53. The summed E-state index contributed by atoms with van der Waals surface area (Å²) >= 11 is 0. The molecule has 0 nitrogen and oxygen atoms in total. The van der Waals surface area contributed by atoms with Gasteiger partial charge in [0.1, 0.15) is 0 Å². The van der Waals surface area contributed by atoms with E-state index in [2.05, 4.69) is 48.6 Å². The summed E-state index contributed by atoms with van der Waals surface area (Å²) < 4.78 is 0. The Kier molecular flexibility index (Phi) is 2.42. The van der Waals surface area contributed by atoms with Crippen molar-refractivity contribution in [2.24, 2.45) is 5.92 Å². The van der Waals surface area contributed by atoms with E-state index in [1.807, 2.05) is 18.2 Å². The summed E-state index contributed by atoms with van der Waals surface area (Å²) in [5.41, 5.74) is 1.34. The third-order valence-corrected chi connectivity index (χ3v) is 2.15. The van der Waals surface area contributed by atoms with Gasteiger partial charge in [-0.15, -0.1) is 0 Å². The summed E-state index contributed by atoms with van der Waals surface area (Å²) in [5.74, 6) is 0.465. The number of hydrogen-bond acceptors (Lipinski definition) is 0. The molecule has 0 amide bonds. The molecular formula is C13H12. The minimum atomic E-state index is 0.465. The minimum Gasteiger partial charge on any atom is -0.0732 e. The van der Waals surface area contributed by atoms with E-state index in [1.54, 1.807) is 0 Å². The molecule has 13 heavy (non-hydrogen) atoms. The fourth-order valence-electron chi connectivity index (χ4n) is 1.46. The second-order valence-electron chi connectivity index (χ2n) is 3.09. The maximum atomic E-state index is 2.20. The van der Waals surface area contributed by atoms with E-state index in [4.69, 9.17) is 0 Å². The molecule has 0 bridgehead atoms. The van der Waals surface area contributed by atoms with Crippen molar-refractivity contribution in [2.45, 2.75) is 0 Å². The van der Waals surface area contributed by atoms with Crippen LogP contribution in [0.3, 0.4) is 0 Å². The van der Waals surface area contributed by atoms with Gasteiger partial charge in [-0.2, -0.15) is 0 Å². The quantitative estimate of drug-likeness (QED) is 0.563. The molecule has 0 unspecified atom stereocenters. The van der Waals surface area contributed by atoms with Crippen LogP contribution in [-0.2, 0) is 0 Å². The van der Waals surface area contributed by atoms with E-state index >= 15 is 0 Å². The van der Waals surface area contributed by atoms with Crippen molar-refractivity contribution in [1.29, 1.82) is 0 Å². The van der Waals surface area contributed by atoms with Crippen LogP contribution in [0.1, 0.15) is 0 Å². The smallest absolute Gasteiger partial charge is 0.0204 e. The van der Waals surface area contributed by atoms with E-state index in [-0.39, 0.29) is 0 Å². The molecule has 0 aromatic rings. The van der Waals surface area contributed by atoms with Crippen molar-refractivity contribution in [1.82, 2.24) is 0 Å². The maximum Gasteiger partial charge on any atom is 0.0204 e. The van der Waals surface area contributed by atoms with Crippen LogP contribution in [0.2, 0.25) is 0 Å². The number of allylic oxidation sites excluding steroid dienone is 12. The Morgan fingerprint density at radius 1 is 0.692 bits per heavy atom. The van der Waals surface area contributed by atoms with E-state index in [0.29, 0.717) is 5.92 Å². The van der Waals surface area contributed by atoms with Crippen molar-refractivity contribution >= 4 is 0 Å². The molecule has 0 heterocycles. The van der Waals surface area contributed by atoms with Gasteiger partial charge in [0, 0.05) is 5.92 Å². The van der Waals surface area contributed by atoms with Crippen molar-refractivity contribution in [3.63, 3.8) is 0 Å². The van der Waals surface area contributed by atoms with Crippen LogP contribution >= 0.6 is 0 Å². The van der Waals surface area contributed by atoms with Crippen LogP contribution in [0.5, 0.6) is 0 Å². The maximum absolute atomic E-state index is 2.20. The molecule has 0 aromatic carbocycles. The second kappa shape index (κ2) is 3.90. The fourth-order valence-corrected chi connectivity index (χ4v) is 1.46. The highest BCUT2D eigenvalue weighted by molar-refractivity contribution is 5.39. The van der Waals surface area contributed by atoms with Crippen molar-refractivity contribution in [2.75, 3.05) is 0 Å². The van der Waals surface area contributed by atoms with Crippen LogP contribution in [0.15, 0.2) is 72.4 Å². The Labute approximate surface area is 79.0 Å².